The average molecular weight is 387 g/mol. The number of benzene rings is 1. The fourth-order valence-electron chi connectivity index (χ4n) is 3.15. The predicted octanol–water partition coefficient (Wildman–Crippen LogP) is 2.45. The van der Waals surface area contributed by atoms with Gasteiger partial charge in [-0.25, -0.2) is 18.1 Å². The van der Waals surface area contributed by atoms with Crippen molar-refractivity contribution in [2.45, 2.75) is 19.1 Å². The number of aromatic amines is 1. The van der Waals surface area contributed by atoms with Crippen molar-refractivity contribution in [3.63, 3.8) is 0 Å². The molecule has 2 N–H and O–H groups in total. The van der Waals surface area contributed by atoms with Gasteiger partial charge in [-0.15, -0.1) is 0 Å². The number of H-pyrrole nitrogens is 1. The van der Waals surface area contributed by atoms with Crippen LogP contribution in [0.5, 0.6) is 5.75 Å². The van der Waals surface area contributed by atoms with E-state index >= 15 is 0 Å². The van der Waals surface area contributed by atoms with E-state index in [1.54, 1.807) is 6.20 Å². The Balaban J connectivity index is 1.63. The van der Waals surface area contributed by atoms with Crippen LogP contribution in [0.1, 0.15) is 12.0 Å². The number of nitrogens with zero attached hydrogens (tertiary/aromatic N) is 1. The van der Waals surface area contributed by atoms with Crippen LogP contribution in [0, 0.1) is 0 Å². The summed E-state index contributed by atoms with van der Waals surface area (Å²) in [6.07, 6.45) is 5.73. The summed E-state index contributed by atoms with van der Waals surface area (Å²) in [6, 6.07) is 9.64. The van der Waals surface area contributed by atoms with Gasteiger partial charge in [-0.2, -0.15) is 0 Å². The molecule has 3 aromatic rings. The van der Waals surface area contributed by atoms with Crippen molar-refractivity contribution in [2.24, 2.45) is 0 Å². The molecule has 142 valence electrons. The highest BCUT2D eigenvalue weighted by Gasteiger charge is 2.20. The molecule has 7 nitrogen and oxygen atoms in total. The molecule has 8 heteroatoms. The van der Waals surface area contributed by atoms with Crippen LogP contribution < -0.4 is 9.46 Å². The second-order valence-electron chi connectivity index (χ2n) is 6.63. The molecule has 1 saturated heterocycles. The van der Waals surface area contributed by atoms with E-state index < -0.39 is 10.0 Å². The normalized spacial score (nSPS) is 17.4. The maximum absolute atomic E-state index is 11.2. The SMILES string of the molecule is CS(=O)(=O)NCc1ccc(-c2c[nH]c3nccc(O[C@@H]4CCOC4)c23)cc1. The molecule has 0 radical (unpaired) electrons. The first-order valence-electron chi connectivity index (χ1n) is 8.74. The second kappa shape index (κ2) is 7.30. The zero-order valence-electron chi connectivity index (χ0n) is 14.9. The number of fused-ring (bicyclic) bond motifs is 1. The Morgan fingerprint density at radius 2 is 2.11 bits per heavy atom. The molecule has 0 bridgehead atoms. The number of ether oxygens (including phenoxy) is 2. The Hall–Kier alpha value is -2.42. The molecule has 1 fully saturated rings. The summed E-state index contributed by atoms with van der Waals surface area (Å²) in [7, 11) is -3.21. The summed E-state index contributed by atoms with van der Waals surface area (Å²) < 4.78 is 36.5. The third kappa shape index (κ3) is 4.13. The summed E-state index contributed by atoms with van der Waals surface area (Å²) in [5, 5.41) is 0.936. The smallest absolute Gasteiger partial charge is 0.209 e. The van der Waals surface area contributed by atoms with Crippen LogP contribution in [0.3, 0.4) is 0 Å². The Bertz CT molecular complexity index is 1040. The van der Waals surface area contributed by atoms with Crippen LogP contribution in [0.2, 0.25) is 0 Å². The van der Waals surface area contributed by atoms with E-state index in [-0.39, 0.29) is 12.6 Å². The highest BCUT2D eigenvalue weighted by Crippen LogP contribution is 2.35. The van der Waals surface area contributed by atoms with E-state index in [0.29, 0.717) is 6.61 Å². The Kier molecular flexibility index (Phi) is 4.86. The molecule has 4 rings (SSSR count). The number of rotatable bonds is 6. The predicted molar refractivity (Wildman–Crippen MR) is 103 cm³/mol. The van der Waals surface area contributed by atoms with Crippen LogP contribution in [0.25, 0.3) is 22.2 Å². The van der Waals surface area contributed by atoms with E-state index in [1.165, 1.54) is 0 Å². The monoisotopic (exact) mass is 387 g/mol. The molecule has 3 heterocycles. The minimum absolute atomic E-state index is 0.0581. The molecule has 0 unspecified atom stereocenters. The van der Waals surface area contributed by atoms with Crippen molar-refractivity contribution in [3.8, 4) is 16.9 Å². The molecule has 0 saturated carbocycles. The maximum atomic E-state index is 11.2. The Labute approximate surface area is 157 Å². The lowest BCUT2D eigenvalue weighted by atomic mass is 10.0. The Morgan fingerprint density at radius 3 is 2.81 bits per heavy atom. The summed E-state index contributed by atoms with van der Waals surface area (Å²) in [4.78, 5) is 7.59. The van der Waals surface area contributed by atoms with Gasteiger partial charge >= 0.3 is 0 Å². The van der Waals surface area contributed by atoms with Crippen molar-refractivity contribution < 1.29 is 17.9 Å². The van der Waals surface area contributed by atoms with E-state index in [0.717, 1.165) is 52.8 Å². The highest BCUT2D eigenvalue weighted by molar-refractivity contribution is 7.88. The highest BCUT2D eigenvalue weighted by atomic mass is 32.2. The number of pyridine rings is 1. The summed E-state index contributed by atoms with van der Waals surface area (Å²) in [5.41, 5.74) is 3.66. The molecule has 1 aliphatic heterocycles. The van der Waals surface area contributed by atoms with Crippen molar-refractivity contribution in [3.05, 3.63) is 48.3 Å². The fourth-order valence-corrected chi connectivity index (χ4v) is 3.58. The van der Waals surface area contributed by atoms with Gasteiger partial charge in [0, 0.05) is 30.9 Å². The van der Waals surface area contributed by atoms with Gasteiger partial charge in [0.05, 0.1) is 24.9 Å². The molecule has 27 heavy (non-hydrogen) atoms. The quantitative estimate of drug-likeness (QED) is 0.678. The average Bonchev–Trinajstić information content (AvgIpc) is 3.30. The maximum Gasteiger partial charge on any atom is 0.209 e. The molecule has 0 spiro atoms. The zero-order valence-corrected chi connectivity index (χ0v) is 15.8. The summed E-state index contributed by atoms with van der Waals surface area (Å²) in [5.74, 6) is 0.787. The van der Waals surface area contributed by atoms with Crippen LogP contribution in [0.15, 0.2) is 42.7 Å². The van der Waals surface area contributed by atoms with Crippen molar-refractivity contribution in [1.29, 1.82) is 0 Å². The lowest BCUT2D eigenvalue weighted by Gasteiger charge is -2.13. The van der Waals surface area contributed by atoms with Crippen LogP contribution in [-0.4, -0.2) is 44.0 Å². The van der Waals surface area contributed by atoms with Gasteiger partial charge < -0.3 is 14.5 Å². The number of hydrogen-bond acceptors (Lipinski definition) is 5. The first kappa shape index (κ1) is 18.0. The first-order valence-corrected chi connectivity index (χ1v) is 10.6. The zero-order chi connectivity index (χ0) is 18.9. The number of sulfonamides is 1. The number of nitrogens with one attached hydrogen (secondary N) is 2. The molecule has 1 atom stereocenters. The van der Waals surface area contributed by atoms with E-state index in [4.69, 9.17) is 9.47 Å². The lowest BCUT2D eigenvalue weighted by molar-refractivity contribution is 0.142. The first-order chi connectivity index (χ1) is 13.0. The molecular formula is C19H21N3O4S. The number of aromatic nitrogens is 2. The third-order valence-electron chi connectivity index (χ3n) is 4.52. The van der Waals surface area contributed by atoms with Gasteiger partial charge in [-0.3, -0.25) is 0 Å². The minimum Gasteiger partial charge on any atom is -0.487 e. The largest absolute Gasteiger partial charge is 0.487 e. The number of hydrogen-bond donors (Lipinski definition) is 2. The van der Waals surface area contributed by atoms with Crippen molar-refractivity contribution >= 4 is 21.1 Å². The summed E-state index contributed by atoms with van der Waals surface area (Å²) >= 11 is 0. The standard InChI is InChI=1S/C19H21N3O4S/c1-27(23,24)22-10-13-2-4-14(5-3-13)16-11-21-19-18(16)17(6-8-20-19)26-15-7-9-25-12-15/h2-6,8,11,15,22H,7,9-10,12H2,1H3,(H,20,21)/t15-/m1/s1. The molecule has 0 amide bonds. The second-order valence-corrected chi connectivity index (χ2v) is 8.46. The molecule has 2 aromatic heterocycles. The fraction of sp³-hybridized carbons (Fsp3) is 0.316. The third-order valence-corrected chi connectivity index (χ3v) is 5.19. The summed E-state index contributed by atoms with van der Waals surface area (Å²) in [6.45, 7) is 1.60. The van der Waals surface area contributed by atoms with Gasteiger partial charge in [-0.1, -0.05) is 24.3 Å². The van der Waals surface area contributed by atoms with Crippen molar-refractivity contribution in [1.82, 2.24) is 14.7 Å². The molecule has 1 aliphatic rings. The van der Waals surface area contributed by atoms with Crippen molar-refractivity contribution in [2.75, 3.05) is 19.5 Å². The lowest BCUT2D eigenvalue weighted by Crippen LogP contribution is -2.21. The molecular weight excluding hydrogens is 366 g/mol. The van der Waals surface area contributed by atoms with Gasteiger partial charge in [0.1, 0.15) is 17.5 Å². The topological polar surface area (TPSA) is 93.3 Å². The van der Waals surface area contributed by atoms with E-state index in [2.05, 4.69) is 14.7 Å². The van der Waals surface area contributed by atoms with Crippen LogP contribution in [0.4, 0.5) is 0 Å². The van der Waals surface area contributed by atoms with Gasteiger partial charge in [0.2, 0.25) is 10.0 Å². The van der Waals surface area contributed by atoms with Gasteiger partial charge in [0.15, 0.2) is 0 Å². The molecule has 1 aromatic carbocycles. The van der Waals surface area contributed by atoms with Crippen LogP contribution in [-0.2, 0) is 21.3 Å². The Morgan fingerprint density at radius 1 is 1.30 bits per heavy atom. The van der Waals surface area contributed by atoms with Gasteiger partial charge in [-0.05, 0) is 17.2 Å². The van der Waals surface area contributed by atoms with E-state index in [1.807, 2.05) is 36.5 Å². The van der Waals surface area contributed by atoms with Gasteiger partial charge in [0.25, 0.3) is 0 Å². The minimum atomic E-state index is -3.21. The molecule has 0 aliphatic carbocycles. The van der Waals surface area contributed by atoms with E-state index in [9.17, 15) is 8.42 Å². The van der Waals surface area contributed by atoms with Crippen LogP contribution >= 0.6 is 0 Å².